The average Bonchev–Trinajstić information content (AvgIpc) is 2.56. The van der Waals surface area contributed by atoms with E-state index >= 15 is 0 Å². The highest BCUT2D eigenvalue weighted by Gasteiger charge is 2.28. The molecule has 1 aromatic carbocycles. The van der Waals surface area contributed by atoms with Crippen LogP contribution in [0.15, 0.2) is 29.2 Å². The van der Waals surface area contributed by atoms with Gasteiger partial charge in [0.25, 0.3) is 5.91 Å². The lowest BCUT2D eigenvalue weighted by Gasteiger charge is -2.28. The summed E-state index contributed by atoms with van der Waals surface area (Å²) in [6.07, 6.45) is 4.91. The fraction of sp³-hybridized carbons (Fsp3) is 0.632. The van der Waals surface area contributed by atoms with Crippen LogP contribution in [-0.4, -0.2) is 32.5 Å². The second-order valence-corrected chi connectivity index (χ2v) is 9.41. The van der Waals surface area contributed by atoms with Gasteiger partial charge in [-0.3, -0.25) is 4.79 Å². The van der Waals surface area contributed by atoms with Crippen LogP contribution in [0.4, 0.5) is 5.69 Å². The van der Waals surface area contributed by atoms with E-state index in [9.17, 15) is 13.2 Å². The number of hydrogen-bond acceptors (Lipinski definition) is 3. The molecule has 26 heavy (non-hydrogen) atoms. The predicted octanol–water partition coefficient (Wildman–Crippen LogP) is 1.84. The molecule has 6 nitrogen and oxygen atoms in total. The summed E-state index contributed by atoms with van der Waals surface area (Å²) >= 11 is 0. The number of rotatable bonds is 7. The summed E-state index contributed by atoms with van der Waals surface area (Å²) in [4.78, 5) is 12.6. The molecule has 0 saturated heterocycles. The fourth-order valence-electron chi connectivity index (χ4n) is 3.44. The molecule has 0 heterocycles. The highest BCUT2D eigenvalue weighted by molar-refractivity contribution is 7.89. The van der Waals surface area contributed by atoms with Gasteiger partial charge < -0.3 is 10.6 Å². The third-order valence-corrected chi connectivity index (χ3v) is 6.62. The van der Waals surface area contributed by atoms with E-state index in [-0.39, 0.29) is 22.9 Å². The van der Waals surface area contributed by atoms with Crippen molar-refractivity contribution >= 4 is 21.6 Å². The summed E-state index contributed by atoms with van der Waals surface area (Å²) in [5, 5.41) is 5.05. The van der Waals surface area contributed by atoms with Gasteiger partial charge in [0.2, 0.25) is 10.0 Å². The molecule has 2 rings (SSSR count). The fourth-order valence-corrected chi connectivity index (χ4v) is 4.69. The lowest BCUT2D eigenvalue weighted by Crippen LogP contribution is -2.97. The number of benzene rings is 1. The lowest BCUT2D eigenvalue weighted by molar-refractivity contribution is -0.714. The molecule has 0 aromatic heterocycles. The minimum absolute atomic E-state index is 0.0568. The molecule has 1 aliphatic rings. The van der Waals surface area contributed by atoms with Gasteiger partial charge in [0.05, 0.1) is 10.9 Å². The van der Waals surface area contributed by atoms with E-state index in [2.05, 4.69) is 22.3 Å². The quantitative estimate of drug-likeness (QED) is 0.672. The van der Waals surface area contributed by atoms with Crippen LogP contribution in [-0.2, 0) is 14.8 Å². The first-order valence-corrected chi connectivity index (χ1v) is 11.0. The lowest BCUT2D eigenvalue weighted by atomic mass is 9.85. The van der Waals surface area contributed by atoms with E-state index < -0.39 is 10.0 Å². The van der Waals surface area contributed by atoms with Gasteiger partial charge in [-0.15, -0.1) is 0 Å². The van der Waals surface area contributed by atoms with Gasteiger partial charge in [0.15, 0.2) is 6.04 Å². The molecule has 0 unspecified atom stereocenters. The molecule has 4 N–H and O–H groups in total. The summed E-state index contributed by atoms with van der Waals surface area (Å²) in [6.45, 7) is 7.73. The third kappa shape index (κ3) is 5.79. The largest absolute Gasteiger partial charge is 0.334 e. The SMILES string of the molecule is CC(C)NS(=O)(=O)c1ccc(NC(=O)[C@H](C)[NH2+][C@@H]2CCCC[C@@H]2C)cc1. The Morgan fingerprint density at radius 1 is 1.12 bits per heavy atom. The van der Waals surface area contributed by atoms with E-state index in [0.717, 1.165) is 6.42 Å². The second-order valence-electron chi connectivity index (χ2n) is 7.70. The van der Waals surface area contributed by atoms with Gasteiger partial charge in [0.1, 0.15) is 0 Å². The number of quaternary nitrogens is 1. The highest BCUT2D eigenvalue weighted by atomic mass is 32.2. The molecule has 0 radical (unpaired) electrons. The van der Waals surface area contributed by atoms with Gasteiger partial charge in [-0.25, -0.2) is 13.1 Å². The molecule has 7 heteroatoms. The van der Waals surface area contributed by atoms with Crippen molar-refractivity contribution < 1.29 is 18.5 Å². The van der Waals surface area contributed by atoms with Gasteiger partial charge in [-0.1, -0.05) is 13.3 Å². The van der Waals surface area contributed by atoms with Gasteiger partial charge in [-0.05, 0) is 64.3 Å². The van der Waals surface area contributed by atoms with Crippen LogP contribution in [0.25, 0.3) is 0 Å². The summed E-state index contributed by atoms with van der Waals surface area (Å²) < 4.78 is 26.8. The highest BCUT2D eigenvalue weighted by Crippen LogP contribution is 2.21. The zero-order chi connectivity index (χ0) is 19.3. The Hall–Kier alpha value is -1.44. The molecule has 0 aliphatic heterocycles. The van der Waals surface area contributed by atoms with Crippen LogP contribution in [0.1, 0.15) is 53.4 Å². The van der Waals surface area contributed by atoms with E-state index in [1.54, 1.807) is 26.0 Å². The topological polar surface area (TPSA) is 91.9 Å². The van der Waals surface area contributed by atoms with E-state index in [1.165, 1.54) is 31.4 Å². The standard InChI is InChI=1S/C19H31N3O3S/c1-13(2)22-26(24,25)17-11-9-16(10-12-17)21-19(23)15(4)20-18-8-6-5-7-14(18)3/h9-15,18,20,22H,5-8H2,1-4H3,(H,21,23)/p+1/t14-,15-,18+/m0/s1. The third-order valence-electron chi connectivity index (χ3n) is 4.95. The van der Waals surface area contributed by atoms with Gasteiger partial charge in [-0.2, -0.15) is 0 Å². The Bertz CT molecular complexity index is 701. The van der Waals surface area contributed by atoms with Crippen molar-refractivity contribution in [1.29, 1.82) is 0 Å². The van der Waals surface area contributed by atoms with Crippen LogP contribution in [0.3, 0.4) is 0 Å². The van der Waals surface area contributed by atoms with Crippen molar-refractivity contribution in [3.63, 3.8) is 0 Å². The Morgan fingerprint density at radius 2 is 1.73 bits per heavy atom. The Balaban J connectivity index is 1.94. The van der Waals surface area contributed by atoms with Gasteiger partial charge in [0, 0.05) is 17.6 Å². The molecule has 146 valence electrons. The smallest absolute Gasteiger partial charge is 0.282 e. The van der Waals surface area contributed by atoms with Crippen molar-refractivity contribution in [2.45, 2.75) is 76.4 Å². The molecule has 1 saturated carbocycles. The monoisotopic (exact) mass is 382 g/mol. The normalized spacial score (nSPS) is 22.2. The summed E-state index contributed by atoms with van der Waals surface area (Å²) in [5.41, 5.74) is 0.607. The summed E-state index contributed by atoms with van der Waals surface area (Å²) in [6, 6.07) is 6.44. The first-order chi connectivity index (χ1) is 12.2. The number of carbonyl (C=O) groups is 1. The molecule has 1 amide bonds. The average molecular weight is 383 g/mol. The number of carbonyl (C=O) groups excluding carboxylic acids is 1. The minimum Gasteiger partial charge on any atom is -0.334 e. The zero-order valence-corrected chi connectivity index (χ0v) is 17.0. The number of hydrogen-bond donors (Lipinski definition) is 3. The van der Waals surface area contributed by atoms with Crippen LogP contribution >= 0.6 is 0 Å². The number of anilines is 1. The van der Waals surface area contributed by atoms with Crippen LogP contribution in [0.2, 0.25) is 0 Å². The molecule has 1 aliphatic carbocycles. The molecule has 0 bridgehead atoms. The number of nitrogens with two attached hydrogens (primary N) is 1. The van der Waals surface area contributed by atoms with Crippen molar-refractivity contribution in [1.82, 2.24) is 4.72 Å². The molecule has 0 spiro atoms. The summed E-state index contributed by atoms with van der Waals surface area (Å²) in [7, 11) is -3.52. The molecular formula is C19H32N3O3S+. The minimum atomic E-state index is -3.52. The van der Waals surface area contributed by atoms with Crippen molar-refractivity contribution in [3.05, 3.63) is 24.3 Å². The molecule has 1 aromatic rings. The molecule has 1 fully saturated rings. The van der Waals surface area contributed by atoms with Crippen LogP contribution in [0.5, 0.6) is 0 Å². The number of sulfonamides is 1. The summed E-state index contributed by atoms with van der Waals surface area (Å²) in [5.74, 6) is 0.579. The zero-order valence-electron chi connectivity index (χ0n) is 16.2. The van der Waals surface area contributed by atoms with E-state index in [1.807, 2.05) is 6.92 Å². The maximum Gasteiger partial charge on any atom is 0.282 e. The first-order valence-electron chi connectivity index (χ1n) is 9.47. The Morgan fingerprint density at radius 3 is 2.31 bits per heavy atom. The van der Waals surface area contributed by atoms with Crippen molar-refractivity contribution in [2.75, 3.05) is 5.32 Å². The Labute approximate surface area is 157 Å². The van der Waals surface area contributed by atoms with Crippen LogP contribution < -0.4 is 15.4 Å². The number of nitrogens with one attached hydrogen (secondary N) is 2. The molecular weight excluding hydrogens is 350 g/mol. The van der Waals surface area contributed by atoms with Gasteiger partial charge >= 0.3 is 0 Å². The second kappa shape index (κ2) is 8.97. The van der Waals surface area contributed by atoms with Crippen molar-refractivity contribution in [3.8, 4) is 0 Å². The molecule has 3 atom stereocenters. The van der Waals surface area contributed by atoms with E-state index in [4.69, 9.17) is 0 Å². The number of amides is 1. The first kappa shape index (κ1) is 20.9. The maximum absolute atomic E-state index is 12.4. The maximum atomic E-state index is 12.4. The Kier molecular flexibility index (Phi) is 7.20. The van der Waals surface area contributed by atoms with Crippen LogP contribution in [0, 0.1) is 5.92 Å². The van der Waals surface area contributed by atoms with E-state index in [0.29, 0.717) is 17.6 Å². The van der Waals surface area contributed by atoms with Crippen molar-refractivity contribution in [2.24, 2.45) is 5.92 Å². The predicted molar refractivity (Wildman–Crippen MR) is 103 cm³/mol.